The van der Waals surface area contributed by atoms with Gasteiger partial charge < -0.3 is 9.88 Å². The average molecular weight is 379 g/mol. The van der Waals surface area contributed by atoms with Crippen LogP contribution in [0.3, 0.4) is 0 Å². The molecule has 0 fully saturated rings. The van der Waals surface area contributed by atoms with Crippen molar-refractivity contribution in [3.63, 3.8) is 0 Å². The fourth-order valence-corrected chi connectivity index (χ4v) is 2.67. The number of nitro groups is 1. The van der Waals surface area contributed by atoms with E-state index < -0.39 is 16.7 Å². The lowest BCUT2D eigenvalue weighted by atomic mass is 10.1. The number of nitrogens with one attached hydrogen (secondary N) is 3. The molecule has 3 N–H and O–H groups in total. The van der Waals surface area contributed by atoms with E-state index in [1.165, 1.54) is 12.1 Å². The molecule has 0 saturated heterocycles. The quantitative estimate of drug-likeness (QED) is 0.465. The van der Waals surface area contributed by atoms with E-state index in [9.17, 15) is 19.7 Å². The Labute approximate surface area is 160 Å². The van der Waals surface area contributed by atoms with E-state index in [2.05, 4.69) is 16.2 Å². The Morgan fingerprint density at radius 1 is 0.964 bits per heavy atom. The first-order valence-corrected chi connectivity index (χ1v) is 8.30. The predicted molar refractivity (Wildman–Crippen MR) is 103 cm³/mol. The molecule has 0 aliphatic rings. The van der Waals surface area contributed by atoms with Gasteiger partial charge in [-0.15, -0.1) is 0 Å². The lowest BCUT2D eigenvalue weighted by molar-refractivity contribution is -0.384. The third-order valence-corrected chi connectivity index (χ3v) is 4.05. The molecule has 0 aliphatic heterocycles. The van der Waals surface area contributed by atoms with Crippen molar-refractivity contribution in [1.82, 2.24) is 15.4 Å². The Bertz CT molecular complexity index is 1030. The summed E-state index contributed by atoms with van der Waals surface area (Å²) in [6, 6.07) is 14.6. The zero-order chi connectivity index (χ0) is 20.1. The summed E-state index contributed by atoms with van der Waals surface area (Å²) in [6.45, 7) is 0. The van der Waals surface area contributed by atoms with Gasteiger partial charge in [-0.2, -0.15) is 0 Å². The van der Waals surface area contributed by atoms with Crippen LogP contribution in [0, 0.1) is 10.1 Å². The number of hydrogen-bond donors (Lipinski definition) is 3. The highest BCUT2D eigenvalue weighted by Gasteiger charge is 2.18. The zero-order valence-electron chi connectivity index (χ0n) is 14.9. The maximum atomic E-state index is 12.5. The Kier molecular flexibility index (Phi) is 5.35. The van der Waals surface area contributed by atoms with Crippen molar-refractivity contribution < 1.29 is 14.5 Å². The molecule has 9 heteroatoms. The van der Waals surface area contributed by atoms with Crippen LogP contribution in [0.5, 0.6) is 0 Å². The van der Waals surface area contributed by atoms with Crippen molar-refractivity contribution >= 4 is 23.2 Å². The van der Waals surface area contributed by atoms with Crippen LogP contribution in [0.2, 0.25) is 0 Å². The molecule has 1 heterocycles. The molecule has 0 unspecified atom stereocenters. The van der Waals surface area contributed by atoms with Gasteiger partial charge in [-0.25, -0.2) is 0 Å². The molecule has 1 aromatic heterocycles. The number of anilines is 1. The van der Waals surface area contributed by atoms with Gasteiger partial charge in [0.25, 0.3) is 17.5 Å². The second-order valence-electron chi connectivity index (χ2n) is 5.75. The highest BCUT2D eigenvalue weighted by atomic mass is 16.6. The molecule has 28 heavy (non-hydrogen) atoms. The third kappa shape index (κ3) is 3.83. The Morgan fingerprint density at radius 3 is 2.32 bits per heavy atom. The van der Waals surface area contributed by atoms with Gasteiger partial charge in [-0.05, 0) is 36.4 Å². The van der Waals surface area contributed by atoms with E-state index in [1.54, 1.807) is 48.3 Å². The molecule has 2 amide bonds. The number of amides is 2. The van der Waals surface area contributed by atoms with Gasteiger partial charge in [-0.1, -0.05) is 12.1 Å². The SMILES string of the molecule is CNc1ccc(C(=O)NNC(=O)c2ccccc2-n2cccc2)cc1[N+](=O)[O-]. The van der Waals surface area contributed by atoms with Crippen molar-refractivity contribution in [1.29, 1.82) is 0 Å². The van der Waals surface area contributed by atoms with Gasteiger partial charge in [0.1, 0.15) is 5.69 Å². The van der Waals surface area contributed by atoms with Crippen LogP contribution in [0.25, 0.3) is 5.69 Å². The third-order valence-electron chi connectivity index (χ3n) is 4.05. The molecular formula is C19H17N5O4. The maximum absolute atomic E-state index is 12.5. The number of aromatic nitrogens is 1. The summed E-state index contributed by atoms with van der Waals surface area (Å²) in [6.07, 6.45) is 3.60. The number of para-hydroxylation sites is 1. The number of hydrogen-bond acceptors (Lipinski definition) is 5. The molecule has 0 aliphatic carbocycles. The molecule has 2 aromatic carbocycles. The fraction of sp³-hybridized carbons (Fsp3) is 0.0526. The summed E-state index contributed by atoms with van der Waals surface area (Å²) in [5, 5.41) is 13.8. The van der Waals surface area contributed by atoms with Crippen molar-refractivity contribution in [2.45, 2.75) is 0 Å². The predicted octanol–water partition coefficient (Wildman–Crippen LogP) is 2.50. The van der Waals surface area contributed by atoms with Gasteiger partial charge >= 0.3 is 0 Å². The molecule has 0 atom stereocenters. The minimum Gasteiger partial charge on any atom is -0.383 e. The van der Waals surface area contributed by atoms with E-state index in [4.69, 9.17) is 0 Å². The minimum atomic E-state index is -0.669. The standard InChI is InChI=1S/C19H17N5O4/c1-20-15-9-8-13(12-17(15)24(27)28)18(25)21-22-19(26)14-6-2-3-7-16(14)23-10-4-5-11-23/h2-12,20H,1H3,(H,21,25)(H,22,26). The van der Waals surface area contributed by atoms with Crippen molar-refractivity contribution in [3.05, 3.63) is 88.2 Å². The van der Waals surface area contributed by atoms with Crippen LogP contribution < -0.4 is 16.2 Å². The van der Waals surface area contributed by atoms with Gasteiger partial charge in [0, 0.05) is 31.1 Å². The minimum absolute atomic E-state index is 0.0460. The number of nitro benzene ring substituents is 1. The normalized spacial score (nSPS) is 10.2. The smallest absolute Gasteiger partial charge is 0.293 e. The Morgan fingerprint density at radius 2 is 1.64 bits per heavy atom. The first kappa shape index (κ1) is 18.6. The van der Waals surface area contributed by atoms with Crippen LogP contribution >= 0.6 is 0 Å². The van der Waals surface area contributed by atoms with Crippen molar-refractivity contribution in [3.8, 4) is 5.69 Å². The highest BCUT2D eigenvalue weighted by Crippen LogP contribution is 2.24. The second-order valence-corrected chi connectivity index (χ2v) is 5.75. The maximum Gasteiger partial charge on any atom is 0.293 e. The van der Waals surface area contributed by atoms with Crippen molar-refractivity contribution in [2.24, 2.45) is 0 Å². The summed E-state index contributed by atoms with van der Waals surface area (Å²) in [7, 11) is 1.55. The van der Waals surface area contributed by atoms with Crippen molar-refractivity contribution in [2.75, 3.05) is 12.4 Å². The first-order valence-electron chi connectivity index (χ1n) is 8.30. The van der Waals surface area contributed by atoms with Gasteiger partial charge in [-0.3, -0.25) is 30.6 Å². The fourth-order valence-electron chi connectivity index (χ4n) is 2.67. The average Bonchev–Trinajstić information content (AvgIpc) is 3.26. The largest absolute Gasteiger partial charge is 0.383 e. The molecule has 0 bridgehead atoms. The van der Waals surface area contributed by atoms with Gasteiger partial charge in [0.15, 0.2) is 0 Å². The molecule has 0 radical (unpaired) electrons. The number of carbonyl (C=O) groups excluding carboxylic acids is 2. The number of rotatable bonds is 5. The topological polar surface area (TPSA) is 118 Å². The number of benzene rings is 2. The molecule has 142 valence electrons. The molecule has 9 nitrogen and oxygen atoms in total. The summed E-state index contributed by atoms with van der Waals surface area (Å²) in [5.74, 6) is -1.18. The Balaban J connectivity index is 1.75. The lowest BCUT2D eigenvalue weighted by Gasteiger charge is -2.12. The summed E-state index contributed by atoms with van der Waals surface area (Å²) >= 11 is 0. The summed E-state index contributed by atoms with van der Waals surface area (Å²) in [5.41, 5.74) is 5.72. The van der Waals surface area contributed by atoms with Crippen LogP contribution in [0.4, 0.5) is 11.4 Å². The highest BCUT2D eigenvalue weighted by molar-refractivity contribution is 6.01. The van der Waals surface area contributed by atoms with E-state index in [0.717, 1.165) is 6.07 Å². The molecule has 0 spiro atoms. The lowest BCUT2D eigenvalue weighted by Crippen LogP contribution is -2.42. The Hall–Kier alpha value is -4.14. The van der Waals surface area contributed by atoms with Crippen LogP contribution in [-0.4, -0.2) is 28.4 Å². The zero-order valence-corrected chi connectivity index (χ0v) is 14.9. The van der Waals surface area contributed by atoms with Crippen LogP contribution in [0.1, 0.15) is 20.7 Å². The van der Waals surface area contributed by atoms with E-state index >= 15 is 0 Å². The molecule has 3 rings (SSSR count). The van der Waals surface area contributed by atoms with Crippen LogP contribution in [-0.2, 0) is 0 Å². The van der Waals surface area contributed by atoms with Gasteiger partial charge in [0.2, 0.25) is 0 Å². The van der Waals surface area contributed by atoms with E-state index in [0.29, 0.717) is 11.3 Å². The van der Waals surface area contributed by atoms with E-state index in [-0.39, 0.29) is 16.9 Å². The summed E-state index contributed by atoms with van der Waals surface area (Å²) in [4.78, 5) is 35.3. The number of carbonyl (C=O) groups is 2. The molecule has 0 saturated carbocycles. The first-order chi connectivity index (χ1) is 13.5. The monoisotopic (exact) mass is 379 g/mol. The number of hydrazine groups is 1. The van der Waals surface area contributed by atoms with Crippen LogP contribution in [0.15, 0.2) is 67.0 Å². The molecular weight excluding hydrogens is 362 g/mol. The second kappa shape index (κ2) is 8.04. The number of nitrogens with zero attached hydrogens (tertiary/aromatic N) is 2. The summed E-state index contributed by atoms with van der Waals surface area (Å²) < 4.78 is 1.77. The molecule has 3 aromatic rings. The van der Waals surface area contributed by atoms with Gasteiger partial charge in [0.05, 0.1) is 16.2 Å². The van der Waals surface area contributed by atoms with E-state index in [1.807, 2.05) is 12.1 Å².